The molecule has 7 N–H and O–H groups in total. The van der Waals surface area contributed by atoms with Crippen molar-refractivity contribution in [1.82, 2.24) is 24.2 Å². The van der Waals surface area contributed by atoms with E-state index >= 15 is 0 Å². The molecule has 3 rings (SSSR count). The number of amides is 1. The number of carbonyl (C=O) groups is 1. The van der Waals surface area contributed by atoms with Crippen LogP contribution in [0.2, 0.25) is 0 Å². The van der Waals surface area contributed by atoms with Gasteiger partial charge in [-0.25, -0.2) is 19.7 Å². The van der Waals surface area contributed by atoms with Crippen molar-refractivity contribution in [3.05, 3.63) is 12.7 Å². The first-order valence-electron chi connectivity index (χ1n) is 9.04. The summed E-state index contributed by atoms with van der Waals surface area (Å²) in [6.07, 6.45) is -0.689. The molecule has 1 amide bonds. The molecule has 0 unspecified atom stereocenters. The highest BCUT2D eigenvalue weighted by Gasteiger charge is 2.45. The van der Waals surface area contributed by atoms with Crippen LogP contribution in [-0.2, 0) is 24.0 Å². The summed E-state index contributed by atoms with van der Waals surface area (Å²) in [7, 11) is -4.51. The lowest BCUT2D eigenvalue weighted by Crippen LogP contribution is -2.45. The van der Waals surface area contributed by atoms with Crippen LogP contribution in [0.4, 0.5) is 5.82 Å². The van der Waals surface area contributed by atoms with Crippen LogP contribution in [0.1, 0.15) is 12.6 Å². The van der Waals surface area contributed by atoms with E-state index in [4.69, 9.17) is 20.4 Å². The third-order valence-corrected chi connectivity index (χ3v) is 6.12. The van der Waals surface area contributed by atoms with Crippen molar-refractivity contribution in [2.75, 3.05) is 24.3 Å². The molecule has 16 heteroatoms. The van der Waals surface area contributed by atoms with E-state index in [1.165, 1.54) is 29.0 Å². The Bertz CT molecular complexity index is 1030. The maximum Gasteiger partial charge on any atom is 0.362 e. The first kappa shape index (κ1) is 23.6. The van der Waals surface area contributed by atoms with Crippen molar-refractivity contribution in [3.8, 4) is 0 Å². The van der Waals surface area contributed by atoms with Crippen LogP contribution in [0.25, 0.3) is 11.2 Å². The third kappa shape index (κ3) is 5.22. The molecule has 1 aliphatic heterocycles. The smallest absolute Gasteiger partial charge is 0.362 e. The Morgan fingerprint density at radius 3 is 2.84 bits per heavy atom. The van der Waals surface area contributed by atoms with Crippen molar-refractivity contribution >= 4 is 45.0 Å². The van der Waals surface area contributed by atoms with Crippen LogP contribution in [0.3, 0.4) is 0 Å². The Labute approximate surface area is 181 Å². The van der Waals surface area contributed by atoms with Gasteiger partial charge in [-0.05, 0) is 18.4 Å². The molecule has 0 aliphatic carbocycles. The highest BCUT2D eigenvalue weighted by Crippen LogP contribution is 2.32. The Kier molecular flexibility index (Phi) is 7.30. The summed E-state index contributed by atoms with van der Waals surface area (Å²) in [5.74, 6) is -0.215. The summed E-state index contributed by atoms with van der Waals surface area (Å²) in [4.78, 5) is 23.8. The van der Waals surface area contributed by atoms with E-state index in [-0.39, 0.29) is 23.4 Å². The lowest BCUT2D eigenvalue weighted by Gasteiger charge is -2.16. The van der Waals surface area contributed by atoms with Crippen molar-refractivity contribution in [3.63, 3.8) is 0 Å². The molecule has 0 saturated carbocycles. The number of thioether (sulfide) groups is 1. The zero-order valence-corrected chi connectivity index (χ0v) is 18.0. The summed E-state index contributed by atoms with van der Waals surface area (Å²) >= 11 is 1.46. The molecule has 2 aromatic rings. The van der Waals surface area contributed by atoms with E-state index in [1.54, 1.807) is 4.72 Å². The van der Waals surface area contributed by atoms with Gasteiger partial charge in [0.15, 0.2) is 17.7 Å². The molecule has 5 atom stereocenters. The second-order valence-corrected chi connectivity index (χ2v) is 9.06. The molecule has 2 aromatic heterocycles. The first-order valence-corrected chi connectivity index (χ1v) is 11.8. The van der Waals surface area contributed by atoms with Gasteiger partial charge >= 0.3 is 10.3 Å². The summed E-state index contributed by atoms with van der Waals surface area (Å²) in [6, 6.07) is -1.02. The van der Waals surface area contributed by atoms with Crippen LogP contribution >= 0.6 is 11.8 Å². The van der Waals surface area contributed by atoms with Gasteiger partial charge in [-0.1, -0.05) is 0 Å². The van der Waals surface area contributed by atoms with Gasteiger partial charge in [0.25, 0.3) is 5.91 Å². The number of hydrogen-bond acceptors (Lipinski definition) is 13. The fraction of sp³-hybridized carbons (Fsp3) is 0.600. The van der Waals surface area contributed by atoms with E-state index in [9.17, 15) is 23.4 Å². The molecule has 31 heavy (non-hydrogen) atoms. The summed E-state index contributed by atoms with van der Waals surface area (Å²) in [6.45, 7) is -0.666. The minimum atomic E-state index is -4.51. The number of nitrogens with two attached hydrogens (primary N) is 2. The van der Waals surface area contributed by atoms with Crippen molar-refractivity contribution in [1.29, 1.82) is 0 Å². The second-order valence-electron chi connectivity index (χ2n) is 6.72. The topological polar surface area (TPSA) is 218 Å². The highest BCUT2D eigenvalue weighted by atomic mass is 32.2. The van der Waals surface area contributed by atoms with Gasteiger partial charge in [-0.15, -0.1) is 0 Å². The largest absolute Gasteiger partial charge is 0.387 e. The molecule has 0 radical (unpaired) electrons. The number of carbonyl (C=O) groups excluding carboxylic acids is 1. The average molecular weight is 478 g/mol. The maximum atomic E-state index is 12.0. The standard InChI is InChI=1S/C15H23N7O7S2/c1-30-3-2-7(16)14(25)21-31(26,27)28-4-8-10(23)11(24)15(29-8)22-6-20-9-12(17)18-5-19-13(9)22/h5-8,10-11,15,23-24H,2-4,16H2,1H3,(H,21,25)(H2,17,18,19)/t7-,8+,10-,11+,15+/m0/s1. The van der Waals surface area contributed by atoms with Gasteiger partial charge in [-0.2, -0.15) is 20.2 Å². The predicted octanol–water partition coefficient (Wildman–Crippen LogP) is -2.51. The fourth-order valence-corrected chi connectivity index (χ4v) is 4.17. The quantitative estimate of drug-likeness (QED) is 0.252. The van der Waals surface area contributed by atoms with E-state index in [2.05, 4.69) is 15.0 Å². The van der Waals surface area contributed by atoms with Crippen molar-refractivity contribution in [2.45, 2.75) is 37.0 Å². The predicted molar refractivity (Wildman–Crippen MR) is 110 cm³/mol. The number of rotatable bonds is 9. The van der Waals surface area contributed by atoms with Gasteiger partial charge in [0.05, 0.1) is 19.0 Å². The number of aliphatic hydroxyl groups excluding tert-OH is 2. The summed E-state index contributed by atoms with van der Waals surface area (Å²) in [5, 5.41) is 20.6. The van der Waals surface area contributed by atoms with E-state index in [1.807, 2.05) is 6.26 Å². The fourth-order valence-electron chi connectivity index (χ4n) is 2.91. The zero-order valence-electron chi connectivity index (χ0n) is 16.4. The number of imidazole rings is 1. The van der Waals surface area contributed by atoms with E-state index in [0.29, 0.717) is 5.75 Å². The lowest BCUT2D eigenvalue weighted by atomic mass is 10.1. The van der Waals surface area contributed by atoms with E-state index < -0.39 is 53.4 Å². The molecule has 3 heterocycles. The highest BCUT2D eigenvalue weighted by molar-refractivity contribution is 7.98. The lowest BCUT2D eigenvalue weighted by molar-refractivity contribution is -0.120. The molecule has 0 aromatic carbocycles. The van der Waals surface area contributed by atoms with Crippen molar-refractivity contribution < 1.29 is 32.3 Å². The van der Waals surface area contributed by atoms with E-state index in [0.717, 1.165) is 0 Å². The number of nitrogen functional groups attached to an aromatic ring is 1. The molecule has 172 valence electrons. The van der Waals surface area contributed by atoms with Crippen LogP contribution in [-0.4, -0.2) is 87.0 Å². The van der Waals surface area contributed by atoms with Crippen molar-refractivity contribution in [2.24, 2.45) is 5.73 Å². The SMILES string of the molecule is CSCC[C@H](N)C(=O)NS(=O)(=O)OC[C@H]1O[C@@H](n2cnc3c(N)ncnc32)[C@H](O)[C@H]1O. The molecule has 1 saturated heterocycles. The van der Waals surface area contributed by atoms with Gasteiger partial charge in [0.2, 0.25) is 0 Å². The minimum Gasteiger partial charge on any atom is -0.387 e. The first-order chi connectivity index (χ1) is 14.6. The number of aliphatic hydroxyl groups is 2. The molecule has 0 bridgehead atoms. The Hall–Kier alpha value is -2.08. The number of anilines is 1. The monoisotopic (exact) mass is 477 g/mol. The molecule has 14 nitrogen and oxygen atoms in total. The number of nitrogens with one attached hydrogen (secondary N) is 1. The van der Waals surface area contributed by atoms with Gasteiger partial charge in [-0.3, -0.25) is 13.5 Å². The zero-order chi connectivity index (χ0) is 22.8. The minimum absolute atomic E-state index is 0.120. The summed E-state index contributed by atoms with van der Waals surface area (Å²) in [5.41, 5.74) is 11.9. The molecule has 1 fully saturated rings. The molecular weight excluding hydrogens is 454 g/mol. The van der Waals surface area contributed by atoms with Crippen LogP contribution in [0.15, 0.2) is 12.7 Å². The Balaban J connectivity index is 1.64. The average Bonchev–Trinajstić information content (AvgIpc) is 3.27. The van der Waals surface area contributed by atoms with Gasteiger partial charge < -0.3 is 26.4 Å². The normalized spacial score (nSPS) is 25.0. The van der Waals surface area contributed by atoms with Crippen LogP contribution < -0.4 is 16.2 Å². The number of hydrogen-bond donors (Lipinski definition) is 5. The number of aromatic nitrogens is 4. The van der Waals surface area contributed by atoms with Gasteiger partial charge in [0, 0.05) is 0 Å². The number of nitrogens with zero attached hydrogens (tertiary/aromatic N) is 4. The number of fused-ring (bicyclic) bond motifs is 1. The third-order valence-electron chi connectivity index (χ3n) is 4.58. The summed E-state index contributed by atoms with van der Waals surface area (Å²) < 4.78 is 37.4. The molecule has 0 spiro atoms. The van der Waals surface area contributed by atoms with Crippen LogP contribution in [0.5, 0.6) is 0 Å². The molecule has 1 aliphatic rings. The molecular formula is C15H23N7O7S2. The van der Waals surface area contributed by atoms with Gasteiger partial charge in [0.1, 0.15) is 30.2 Å². The number of ether oxygens (including phenoxy) is 1. The van der Waals surface area contributed by atoms with Crippen LogP contribution in [0, 0.1) is 0 Å². The maximum absolute atomic E-state index is 12.0. The Morgan fingerprint density at radius 2 is 2.13 bits per heavy atom. The second kappa shape index (κ2) is 9.60. The Morgan fingerprint density at radius 1 is 1.39 bits per heavy atom.